The molecule has 0 spiro atoms. The molecule has 2 aromatic rings. The van der Waals surface area contributed by atoms with Gasteiger partial charge in [-0.1, -0.05) is 16.8 Å². The third-order valence-corrected chi connectivity index (χ3v) is 3.63. The number of halogens is 2. The predicted molar refractivity (Wildman–Crippen MR) is 86.7 cm³/mol. The van der Waals surface area contributed by atoms with Crippen molar-refractivity contribution in [2.24, 2.45) is 0 Å². The molecule has 0 saturated carbocycles. The Morgan fingerprint density at radius 1 is 1.30 bits per heavy atom. The molecule has 1 aromatic heterocycles. The van der Waals surface area contributed by atoms with Gasteiger partial charge in [0.1, 0.15) is 6.04 Å². The van der Waals surface area contributed by atoms with E-state index in [9.17, 15) is 0 Å². The Balaban J connectivity index is 0.00000192. The van der Waals surface area contributed by atoms with E-state index in [0.717, 1.165) is 6.54 Å². The minimum absolute atomic E-state index is 0. The molecule has 1 fully saturated rings. The quantitative estimate of drug-likeness (QED) is 0.895. The van der Waals surface area contributed by atoms with E-state index >= 15 is 0 Å². The normalized spacial score (nSPS) is 17.4. The molecule has 0 aliphatic carbocycles. The highest BCUT2D eigenvalue weighted by atomic mass is 35.5. The van der Waals surface area contributed by atoms with Crippen LogP contribution in [-0.2, 0) is 4.74 Å². The van der Waals surface area contributed by atoms with Gasteiger partial charge in [-0.15, -0.1) is 12.4 Å². The average molecular weight is 362 g/mol. The molecular formula is C14H17Cl2N3O4. The molecule has 1 saturated heterocycles. The molecule has 23 heavy (non-hydrogen) atoms. The monoisotopic (exact) mass is 361 g/mol. The lowest BCUT2D eigenvalue weighted by Gasteiger charge is -2.20. The lowest BCUT2D eigenvalue weighted by atomic mass is 10.2. The fourth-order valence-electron chi connectivity index (χ4n) is 2.27. The fourth-order valence-corrected chi connectivity index (χ4v) is 2.55. The largest absolute Gasteiger partial charge is 0.493 e. The summed E-state index contributed by atoms with van der Waals surface area (Å²) < 4.78 is 21.2. The summed E-state index contributed by atoms with van der Waals surface area (Å²) in [6.07, 6.45) is 0. The van der Waals surface area contributed by atoms with Crippen molar-refractivity contribution in [2.45, 2.75) is 6.04 Å². The van der Waals surface area contributed by atoms with Crippen LogP contribution in [0.5, 0.6) is 11.5 Å². The van der Waals surface area contributed by atoms with E-state index in [1.165, 1.54) is 7.11 Å². The lowest BCUT2D eigenvalue weighted by molar-refractivity contribution is 0.0659. The molecule has 1 atom stereocenters. The van der Waals surface area contributed by atoms with Crippen molar-refractivity contribution in [3.05, 3.63) is 23.0 Å². The van der Waals surface area contributed by atoms with Crippen molar-refractivity contribution >= 4 is 24.0 Å². The molecule has 0 radical (unpaired) electrons. The Bertz CT molecular complexity index is 659. The van der Waals surface area contributed by atoms with E-state index in [-0.39, 0.29) is 18.4 Å². The number of aromatic nitrogens is 2. The van der Waals surface area contributed by atoms with Crippen LogP contribution in [0.1, 0.15) is 11.9 Å². The maximum atomic E-state index is 6.20. The second kappa shape index (κ2) is 7.83. The Morgan fingerprint density at radius 2 is 2.13 bits per heavy atom. The van der Waals surface area contributed by atoms with Crippen LogP contribution >= 0.6 is 24.0 Å². The molecule has 0 amide bonds. The maximum absolute atomic E-state index is 6.20. The zero-order valence-corrected chi connectivity index (χ0v) is 14.2. The molecule has 1 aromatic carbocycles. The van der Waals surface area contributed by atoms with Crippen LogP contribution in [0, 0.1) is 0 Å². The van der Waals surface area contributed by atoms with Crippen molar-refractivity contribution < 1.29 is 18.7 Å². The third-order valence-electron chi connectivity index (χ3n) is 3.35. The van der Waals surface area contributed by atoms with Crippen LogP contribution < -0.4 is 14.8 Å². The first-order chi connectivity index (χ1) is 10.7. The predicted octanol–water partition coefficient (Wildman–Crippen LogP) is 2.49. The molecule has 3 rings (SSSR count). The zero-order chi connectivity index (χ0) is 15.5. The van der Waals surface area contributed by atoms with E-state index in [0.29, 0.717) is 47.0 Å². The number of benzene rings is 1. The van der Waals surface area contributed by atoms with Crippen molar-refractivity contribution in [1.29, 1.82) is 0 Å². The van der Waals surface area contributed by atoms with Crippen LogP contribution in [-0.4, -0.2) is 44.1 Å². The second-order valence-electron chi connectivity index (χ2n) is 4.73. The van der Waals surface area contributed by atoms with Gasteiger partial charge in [-0.3, -0.25) is 0 Å². The Kier molecular flexibility index (Phi) is 6.06. The fraction of sp³-hybridized carbons (Fsp3) is 0.429. The van der Waals surface area contributed by atoms with Gasteiger partial charge < -0.3 is 24.1 Å². The van der Waals surface area contributed by atoms with Crippen molar-refractivity contribution in [1.82, 2.24) is 15.5 Å². The molecule has 1 aliphatic heterocycles. The standard InChI is InChI=1S/C14H16ClN3O4.ClH/c1-19-11-6-8(5-9(15)12(11)20-2)13-17-14(22-18-13)10-7-21-4-3-16-10;/h5-6,10,16H,3-4,7H2,1-2H3;1H. The average Bonchev–Trinajstić information content (AvgIpc) is 3.05. The Hall–Kier alpha value is -1.54. The summed E-state index contributed by atoms with van der Waals surface area (Å²) in [5.41, 5.74) is 0.689. The van der Waals surface area contributed by atoms with E-state index in [4.69, 9.17) is 30.3 Å². The van der Waals surface area contributed by atoms with Gasteiger partial charge in [-0.05, 0) is 12.1 Å². The van der Waals surface area contributed by atoms with Crippen molar-refractivity contribution in [3.63, 3.8) is 0 Å². The van der Waals surface area contributed by atoms with Crippen LogP contribution in [0.15, 0.2) is 16.7 Å². The summed E-state index contributed by atoms with van der Waals surface area (Å²) in [4.78, 5) is 4.40. The molecule has 9 heteroatoms. The number of rotatable bonds is 4. The maximum Gasteiger partial charge on any atom is 0.246 e. The highest BCUT2D eigenvalue weighted by molar-refractivity contribution is 6.32. The number of morpholine rings is 1. The molecule has 2 heterocycles. The first kappa shape index (κ1) is 17.8. The number of nitrogens with one attached hydrogen (secondary N) is 1. The summed E-state index contributed by atoms with van der Waals surface area (Å²) in [6, 6.07) is 3.37. The topological polar surface area (TPSA) is 78.6 Å². The summed E-state index contributed by atoms with van der Waals surface area (Å²) >= 11 is 6.20. The summed E-state index contributed by atoms with van der Waals surface area (Å²) in [6.45, 7) is 1.95. The number of hydrogen-bond acceptors (Lipinski definition) is 7. The van der Waals surface area contributed by atoms with Gasteiger partial charge in [0.25, 0.3) is 0 Å². The van der Waals surface area contributed by atoms with Gasteiger partial charge in [0.05, 0.1) is 32.5 Å². The molecular weight excluding hydrogens is 345 g/mol. The van der Waals surface area contributed by atoms with Gasteiger partial charge in [-0.2, -0.15) is 4.98 Å². The summed E-state index contributed by atoms with van der Waals surface area (Å²) in [7, 11) is 3.08. The van der Waals surface area contributed by atoms with Crippen molar-refractivity contribution in [2.75, 3.05) is 34.0 Å². The highest BCUT2D eigenvalue weighted by Gasteiger charge is 2.23. The summed E-state index contributed by atoms with van der Waals surface area (Å²) in [5.74, 6) is 1.90. The van der Waals surface area contributed by atoms with Crippen LogP contribution in [0.25, 0.3) is 11.4 Å². The Morgan fingerprint density at radius 3 is 2.78 bits per heavy atom. The van der Waals surface area contributed by atoms with E-state index in [1.54, 1.807) is 19.2 Å². The van der Waals surface area contributed by atoms with Gasteiger partial charge in [0, 0.05) is 12.1 Å². The molecule has 1 N–H and O–H groups in total. The highest BCUT2D eigenvalue weighted by Crippen LogP contribution is 2.38. The smallest absolute Gasteiger partial charge is 0.246 e. The van der Waals surface area contributed by atoms with Gasteiger partial charge in [0.2, 0.25) is 11.7 Å². The second-order valence-corrected chi connectivity index (χ2v) is 5.14. The lowest BCUT2D eigenvalue weighted by Crippen LogP contribution is -2.34. The van der Waals surface area contributed by atoms with Crippen LogP contribution in [0.4, 0.5) is 0 Å². The van der Waals surface area contributed by atoms with Gasteiger partial charge in [0.15, 0.2) is 11.5 Å². The van der Waals surface area contributed by atoms with Gasteiger partial charge >= 0.3 is 0 Å². The van der Waals surface area contributed by atoms with Gasteiger partial charge in [-0.25, -0.2) is 0 Å². The molecule has 126 valence electrons. The SMILES string of the molecule is COc1cc(-c2noc(C3COCCN3)n2)cc(Cl)c1OC.Cl. The van der Waals surface area contributed by atoms with Crippen molar-refractivity contribution in [3.8, 4) is 22.9 Å². The molecule has 0 bridgehead atoms. The van der Waals surface area contributed by atoms with E-state index in [2.05, 4.69) is 15.5 Å². The van der Waals surface area contributed by atoms with E-state index in [1.807, 2.05) is 0 Å². The third kappa shape index (κ3) is 3.69. The number of nitrogens with zero attached hydrogens (tertiary/aromatic N) is 2. The number of ether oxygens (including phenoxy) is 3. The molecule has 7 nitrogen and oxygen atoms in total. The molecule has 1 aliphatic rings. The number of methoxy groups -OCH3 is 2. The Labute approximate surface area is 144 Å². The minimum Gasteiger partial charge on any atom is -0.493 e. The summed E-state index contributed by atoms with van der Waals surface area (Å²) in [5, 5.41) is 7.68. The minimum atomic E-state index is -0.0920. The first-order valence-corrected chi connectivity index (χ1v) is 7.17. The molecule has 1 unspecified atom stereocenters. The van der Waals surface area contributed by atoms with E-state index < -0.39 is 0 Å². The van der Waals surface area contributed by atoms with Crippen LogP contribution in [0.3, 0.4) is 0 Å². The van der Waals surface area contributed by atoms with Crippen LogP contribution in [0.2, 0.25) is 5.02 Å². The number of hydrogen-bond donors (Lipinski definition) is 1. The zero-order valence-electron chi connectivity index (χ0n) is 12.7. The first-order valence-electron chi connectivity index (χ1n) is 6.79.